The fourth-order valence-corrected chi connectivity index (χ4v) is 1.21. The highest BCUT2D eigenvalue weighted by Gasteiger charge is 2.12. The maximum absolute atomic E-state index is 10.7. The van der Waals surface area contributed by atoms with Crippen LogP contribution in [0.25, 0.3) is 0 Å². The molecule has 0 aliphatic carbocycles. The molecule has 0 heterocycles. The summed E-state index contributed by atoms with van der Waals surface area (Å²) >= 11 is 0. The third-order valence-electron chi connectivity index (χ3n) is 1.95. The standard InChI is InChI=1S/C9H12N6O2/c1-5-6(13-9(12)14-8(10)11)3-2-4-7(5)15(16)17/h2-4H,1H3,(H6,10,11,12,13,14). The van der Waals surface area contributed by atoms with Crippen molar-refractivity contribution in [3.05, 3.63) is 33.9 Å². The van der Waals surface area contributed by atoms with Gasteiger partial charge in [0.25, 0.3) is 5.69 Å². The maximum atomic E-state index is 10.7. The van der Waals surface area contributed by atoms with Gasteiger partial charge in [-0.15, -0.1) is 0 Å². The van der Waals surface area contributed by atoms with Crippen molar-refractivity contribution in [1.29, 1.82) is 0 Å². The summed E-state index contributed by atoms with van der Waals surface area (Å²) in [4.78, 5) is 17.6. The highest BCUT2D eigenvalue weighted by molar-refractivity contribution is 5.93. The van der Waals surface area contributed by atoms with Gasteiger partial charge in [-0.1, -0.05) is 6.07 Å². The number of benzene rings is 1. The van der Waals surface area contributed by atoms with Crippen LogP contribution in [0.3, 0.4) is 0 Å². The molecule has 0 amide bonds. The van der Waals surface area contributed by atoms with Crippen LogP contribution in [0.2, 0.25) is 0 Å². The van der Waals surface area contributed by atoms with Crippen LogP contribution < -0.4 is 17.2 Å². The molecule has 0 atom stereocenters. The lowest BCUT2D eigenvalue weighted by Crippen LogP contribution is -2.26. The number of hydrogen-bond acceptors (Lipinski definition) is 3. The van der Waals surface area contributed by atoms with Crippen molar-refractivity contribution in [3.8, 4) is 0 Å². The highest BCUT2D eigenvalue weighted by atomic mass is 16.6. The molecule has 8 heteroatoms. The number of nitrogens with zero attached hydrogens (tertiary/aromatic N) is 3. The number of nitrogens with two attached hydrogens (primary N) is 3. The minimum Gasteiger partial charge on any atom is -0.370 e. The van der Waals surface area contributed by atoms with E-state index in [9.17, 15) is 10.1 Å². The molecule has 1 aromatic rings. The molecule has 90 valence electrons. The summed E-state index contributed by atoms with van der Waals surface area (Å²) in [6.07, 6.45) is 0. The van der Waals surface area contributed by atoms with Gasteiger partial charge in [0.15, 0.2) is 5.96 Å². The van der Waals surface area contributed by atoms with Gasteiger partial charge in [0.1, 0.15) is 0 Å². The summed E-state index contributed by atoms with van der Waals surface area (Å²) in [5.41, 5.74) is 16.4. The first kappa shape index (κ1) is 12.4. The van der Waals surface area contributed by atoms with E-state index < -0.39 is 4.92 Å². The lowest BCUT2D eigenvalue weighted by Gasteiger charge is -2.01. The molecule has 1 rings (SSSR count). The van der Waals surface area contributed by atoms with Crippen LogP contribution in [0, 0.1) is 17.0 Å². The zero-order valence-electron chi connectivity index (χ0n) is 9.12. The first-order valence-corrected chi connectivity index (χ1v) is 4.59. The molecule has 0 aromatic heterocycles. The van der Waals surface area contributed by atoms with Crippen LogP contribution in [0.15, 0.2) is 28.2 Å². The molecule has 0 spiro atoms. The van der Waals surface area contributed by atoms with Crippen molar-refractivity contribution in [2.45, 2.75) is 6.92 Å². The highest BCUT2D eigenvalue weighted by Crippen LogP contribution is 2.27. The van der Waals surface area contributed by atoms with Crippen LogP contribution >= 0.6 is 0 Å². The lowest BCUT2D eigenvalue weighted by atomic mass is 10.1. The molecule has 1 aromatic carbocycles. The summed E-state index contributed by atoms with van der Waals surface area (Å²) < 4.78 is 0. The molecule has 0 aliphatic heterocycles. The summed E-state index contributed by atoms with van der Waals surface area (Å²) in [6.45, 7) is 1.57. The van der Waals surface area contributed by atoms with Crippen molar-refractivity contribution in [1.82, 2.24) is 0 Å². The van der Waals surface area contributed by atoms with E-state index in [2.05, 4.69) is 9.98 Å². The van der Waals surface area contributed by atoms with E-state index in [-0.39, 0.29) is 17.6 Å². The molecule has 8 nitrogen and oxygen atoms in total. The number of rotatable bonds is 2. The largest absolute Gasteiger partial charge is 0.370 e. The van der Waals surface area contributed by atoms with E-state index in [1.165, 1.54) is 12.1 Å². The second-order valence-corrected chi connectivity index (χ2v) is 3.19. The summed E-state index contributed by atoms with van der Waals surface area (Å²) in [5, 5.41) is 10.7. The van der Waals surface area contributed by atoms with Crippen LogP contribution in [0.5, 0.6) is 0 Å². The van der Waals surface area contributed by atoms with E-state index in [1.807, 2.05) is 0 Å². The van der Waals surface area contributed by atoms with Crippen molar-refractivity contribution in [2.75, 3.05) is 0 Å². The van der Waals surface area contributed by atoms with E-state index in [0.717, 1.165) is 0 Å². The van der Waals surface area contributed by atoms with Crippen LogP contribution in [0.1, 0.15) is 5.56 Å². The fraction of sp³-hybridized carbons (Fsp3) is 0.111. The Balaban J connectivity index is 3.21. The predicted molar refractivity (Wildman–Crippen MR) is 64.9 cm³/mol. The third-order valence-corrected chi connectivity index (χ3v) is 1.95. The van der Waals surface area contributed by atoms with Gasteiger partial charge in [-0.25, -0.2) is 4.99 Å². The van der Waals surface area contributed by atoms with Gasteiger partial charge >= 0.3 is 0 Å². The van der Waals surface area contributed by atoms with Crippen molar-refractivity contribution in [2.24, 2.45) is 27.2 Å². The molecule has 6 N–H and O–H groups in total. The number of aliphatic imine (C=N–C) groups is 2. The van der Waals surface area contributed by atoms with E-state index in [1.54, 1.807) is 13.0 Å². The number of hydrogen-bond donors (Lipinski definition) is 3. The minimum absolute atomic E-state index is 0.0382. The quantitative estimate of drug-likeness (QED) is 0.289. The summed E-state index contributed by atoms with van der Waals surface area (Å²) in [7, 11) is 0. The molecule has 0 fully saturated rings. The Morgan fingerprint density at radius 3 is 2.53 bits per heavy atom. The zero-order chi connectivity index (χ0) is 13.0. The molecular weight excluding hydrogens is 224 g/mol. The Hall–Kier alpha value is -2.64. The number of nitro benzene ring substituents is 1. The van der Waals surface area contributed by atoms with Gasteiger partial charge in [0.2, 0.25) is 5.96 Å². The fourth-order valence-electron chi connectivity index (χ4n) is 1.21. The Labute approximate surface area is 97.0 Å². The normalized spacial score (nSPS) is 11.0. The van der Waals surface area contributed by atoms with Gasteiger partial charge in [-0.05, 0) is 13.0 Å². The molecule has 0 saturated heterocycles. The van der Waals surface area contributed by atoms with Crippen molar-refractivity contribution < 1.29 is 4.92 Å². The van der Waals surface area contributed by atoms with Crippen molar-refractivity contribution in [3.63, 3.8) is 0 Å². The van der Waals surface area contributed by atoms with E-state index >= 15 is 0 Å². The molecule has 0 saturated carbocycles. The second kappa shape index (κ2) is 4.92. The third kappa shape index (κ3) is 3.16. The monoisotopic (exact) mass is 236 g/mol. The Bertz CT molecular complexity index is 504. The first-order valence-electron chi connectivity index (χ1n) is 4.59. The molecule has 0 aliphatic rings. The molecular formula is C9H12N6O2. The first-order chi connectivity index (χ1) is 7.91. The smallest absolute Gasteiger partial charge is 0.274 e. The molecule has 17 heavy (non-hydrogen) atoms. The van der Waals surface area contributed by atoms with Gasteiger partial charge in [0.05, 0.1) is 16.2 Å². The second-order valence-electron chi connectivity index (χ2n) is 3.19. The van der Waals surface area contributed by atoms with Crippen molar-refractivity contribution >= 4 is 23.3 Å². The molecule has 0 bridgehead atoms. The number of guanidine groups is 2. The maximum Gasteiger partial charge on any atom is 0.274 e. The van der Waals surface area contributed by atoms with Gasteiger partial charge in [-0.3, -0.25) is 10.1 Å². The minimum atomic E-state index is -0.495. The summed E-state index contributed by atoms with van der Waals surface area (Å²) in [6, 6.07) is 4.47. The van der Waals surface area contributed by atoms with Gasteiger partial charge in [-0.2, -0.15) is 4.99 Å². The molecule has 0 radical (unpaired) electrons. The predicted octanol–water partition coefficient (Wildman–Crippen LogP) is 0.123. The SMILES string of the molecule is Cc1c(N=C(N)N=C(N)N)cccc1[N+](=O)[O-]. The molecule has 0 unspecified atom stereocenters. The Morgan fingerprint density at radius 2 is 2.00 bits per heavy atom. The lowest BCUT2D eigenvalue weighted by molar-refractivity contribution is -0.385. The van der Waals surface area contributed by atoms with Crippen LogP contribution in [0.4, 0.5) is 11.4 Å². The van der Waals surface area contributed by atoms with Crippen LogP contribution in [-0.4, -0.2) is 16.8 Å². The topological polar surface area (TPSA) is 146 Å². The average molecular weight is 236 g/mol. The zero-order valence-corrected chi connectivity index (χ0v) is 9.12. The Morgan fingerprint density at radius 1 is 1.35 bits per heavy atom. The summed E-state index contributed by atoms with van der Waals surface area (Å²) in [5.74, 6) is -0.386. The Kier molecular flexibility index (Phi) is 3.60. The number of nitro groups is 1. The van der Waals surface area contributed by atoms with Gasteiger partial charge in [0, 0.05) is 6.07 Å². The van der Waals surface area contributed by atoms with E-state index in [0.29, 0.717) is 11.3 Å². The van der Waals surface area contributed by atoms with E-state index in [4.69, 9.17) is 17.2 Å². The average Bonchev–Trinajstić information content (AvgIpc) is 2.19. The van der Waals surface area contributed by atoms with Gasteiger partial charge < -0.3 is 17.2 Å². The van der Waals surface area contributed by atoms with Crippen LogP contribution in [-0.2, 0) is 0 Å².